The maximum atomic E-state index is 12.8. The van der Waals surface area contributed by atoms with E-state index in [0.29, 0.717) is 11.6 Å². The molecule has 0 amide bonds. The third kappa shape index (κ3) is 3.21. The molecule has 1 aliphatic rings. The number of imidazole rings is 1. The molecule has 1 aliphatic heterocycles. The van der Waals surface area contributed by atoms with Gasteiger partial charge < -0.3 is 14.6 Å². The van der Waals surface area contributed by atoms with E-state index >= 15 is 0 Å². The number of nitrogens with one attached hydrogen (secondary N) is 1. The molecule has 2 aromatic heterocycles. The zero-order valence-electron chi connectivity index (χ0n) is 14.7. The molecule has 1 atom stereocenters. The topological polar surface area (TPSA) is 125 Å². The third-order valence-corrected chi connectivity index (χ3v) is 6.06. The van der Waals surface area contributed by atoms with Gasteiger partial charge in [-0.15, -0.1) is 0 Å². The first-order valence-corrected chi connectivity index (χ1v) is 9.69. The Morgan fingerprint density at radius 3 is 2.60 bits per heavy atom. The molecule has 0 aromatic carbocycles. The van der Waals surface area contributed by atoms with Crippen LogP contribution in [0.3, 0.4) is 0 Å². The number of sulfonamides is 1. The lowest BCUT2D eigenvalue weighted by atomic mass is 10.0. The van der Waals surface area contributed by atoms with Crippen molar-refractivity contribution in [1.82, 2.24) is 24.4 Å². The first kappa shape index (κ1) is 18.0. The highest BCUT2D eigenvalue weighted by atomic mass is 32.2. The van der Waals surface area contributed by atoms with Crippen LogP contribution in [0, 0.1) is 0 Å². The number of hydrogen-bond donors (Lipinski definition) is 2. The monoisotopic (exact) mass is 369 g/mol. The maximum Gasteiger partial charge on any atom is 0.260 e. The predicted molar refractivity (Wildman–Crippen MR) is 88.3 cm³/mol. The molecule has 138 valence electrons. The largest absolute Gasteiger partial charge is 0.379 e. The standard InChI is InChI=1S/C15H23N5O4S/c1-9(2)12-16-7-11(17-12)25(22,23)20-6-5-15(21,8-20)14-18-13(10(3)4)19-24-14/h7,9-10,21H,5-6,8H2,1-4H3,(H,16,17). The normalized spacial score (nSPS) is 22.4. The van der Waals surface area contributed by atoms with Gasteiger partial charge in [0, 0.05) is 24.8 Å². The SMILES string of the molecule is CC(C)c1noc(C2(O)CCN(S(=O)(=O)c3cnc(C(C)C)[nH]3)C2)n1. The van der Waals surface area contributed by atoms with E-state index in [1.54, 1.807) is 0 Å². The van der Waals surface area contributed by atoms with E-state index in [1.165, 1.54) is 10.5 Å². The van der Waals surface area contributed by atoms with Crippen molar-refractivity contribution in [3.63, 3.8) is 0 Å². The van der Waals surface area contributed by atoms with Gasteiger partial charge in [0.05, 0.1) is 12.7 Å². The molecule has 25 heavy (non-hydrogen) atoms. The summed E-state index contributed by atoms with van der Waals surface area (Å²) in [5.74, 6) is 1.29. The minimum Gasteiger partial charge on any atom is -0.379 e. The summed E-state index contributed by atoms with van der Waals surface area (Å²) in [6, 6.07) is 0. The molecule has 0 saturated carbocycles. The molecular formula is C15H23N5O4S. The molecule has 1 saturated heterocycles. The molecule has 3 heterocycles. The Labute approximate surface area is 146 Å². The molecule has 0 spiro atoms. The van der Waals surface area contributed by atoms with E-state index < -0.39 is 15.6 Å². The average molecular weight is 369 g/mol. The van der Waals surface area contributed by atoms with Crippen LogP contribution in [0.4, 0.5) is 0 Å². The first-order chi connectivity index (χ1) is 11.6. The number of rotatable bonds is 5. The van der Waals surface area contributed by atoms with Gasteiger partial charge in [0.15, 0.2) is 16.5 Å². The van der Waals surface area contributed by atoms with Crippen LogP contribution < -0.4 is 0 Å². The van der Waals surface area contributed by atoms with E-state index in [2.05, 4.69) is 20.1 Å². The highest BCUT2D eigenvalue weighted by Crippen LogP contribution is 2.34. The minimum atomic E-state index is -3.77. The molecule has 0 aliphatic carbocycles. The zero-order chi connectivity index (χ0) is 18.4. The van der Waals surface area contributed by atoms with E-state index in [1.807, 2.05) is 27.7 Å². The Kier molecular flexibility index (Phi) is 4.46. The minimum absolute atomic E-state index is 0.0221. The van der Waals surface area contributed by atoms with Crippen LogP contribution >= 0.6 is 0 Å². The van der Waals surface area contributed by atoms with Crippen molar-refractivity contribution < 1.29 is 18.0 Å². The second kappa shape index (κ2) is 6.19. The number of aliphatic hydroxyl groups is 1. The van der Waals surface area contributed by atoms with Gasteiger partial charge in [-0.3, -0.25) is 0 Å². The predicted octanol–water partition coefficient (Wildman–Crippen LogP) is 1.32. The summed E-state index contributed by atoms with van der Waals surface area (Å²) in [7, 11) is -3.77. The van der Waals surface area contributed by atoms with Crippen LogP contribution in [-0.4, -0.2) is 51.0 Å². The molecule has 3 rings (SSSR count). The number of nitrogens with zero attached hydrogens (tertiary/aromatic N) is 4. The second-order valence-corrected chi connectivity index (χ2v) is 8.93. The van der Waals surface area contributed by atoms with E-state index in [4.69, 9.17) is 4.52 Å². The molecule has 9 nitrogen and oxygen atoms in total. The summed E-state index contributed by atoms with van der Waals surface area (Å²) in [6.45, 7) is 7.69. The highest BCUT2D eigenvalue weighted by Gasteiger charge is 2.47. The van der Waals surface area contributed by atoms with Crippen molar-refractivity contribution in [2.24, 2.45) is 0 Å². The van der Waals surface area contributed by atoms with Gasteiger partial charge in [-0.05, 0) is 0 Å². The van der Waals surface area contributed by atoms with Gasteiger partial charge in [-0.2, -0.15) is 9.29 Å². The van der Waals surface area contributed by atoms with Gasteiger partial charge in [0.1, 0.15) is 5.82 Å². The molecule has 0 radical (unpaired) electrons. The lowest BCUT2D eigenvalue weighted by Crippen LogP contribution is -2.34. The van der Waals surface area contributed by atoms with Gasteiger partial charge in [0.25, 0.3) is 15.9 Å². The summed E-state index contributed by atoms with van der Waals surface area (Å²) in [6.07, 6.45) is 1.50. The van der Waals surface area contributed by atoms with Gasteiger partial charge in [-0.1, -0.05) is 32.9 Å². The van der Waals surface area contributed by atoms with Crippen LogP contribution in [-0.2, 0) is 15.6 Å². The van der Waals surface area contributed by atoms with Crippen molar-refractivity contribution in [2.75, 3.05) is 13.1 Å². The lowest BCUT2D eigenvalue weighted by molar-refractivity contribution is 0.0194. The molecule has 0 bridgehead atoms. The maximum absolute atomic E-state index is 12.8. The zero-order valence-corrected chi connectivity index (χ0v) is 15.5. The third-order valence-electron chi connectivity index (χ3n) is 4.31. The van der Waals surface area contributed by atoms with Gasteiger partial charge >= 0.3 is 0 Å². The smallest absolute Gasteiger partial charge is 0.260 e. The van der Waals surface area contributed by atoms with E-state index in [-0.39, 0.29) is 42.3 Å². The summed E-state index contributed by atoms with van der Waals surface area (Å²) < 4.78 is 31.9. The molecule has 10 heteroatoms. The van der Waals surface area contributed by atoms with Crippen LogP contribution in [0.2, 0.25) is 0 Å². The van der Waals surface area contributed by atoms with Crippen molar-refractivity contribution in [2.45, 2.75) is 56.6 Å². The Morgan fingerprint density at radius 1 is 1.32 bits per heavy atom. The van der Waals surface area contributed by atoms with Crippen LogP contribution in [0.1, 0.15) is 63.5 Å². The number of aromatic amines is 1. The first-order valence-electron chi connectivity index (χ1n) is 8.25. The summed E-state index contributed by atoms with van der Waals surface area (Å²) >= 11 is 0. The van der Waals surface area contributed by atoms with Crippen LogP contribution in [0.15, 0.2) is 15.7 Å². The van der Waals surface area contributed by atoms with Crippen molar-refractivity contribution in [3.8, 4) is 0 Å². The van der Waals surface area contributed by atoms with E-state index in [9.17, 15) is 13.5 Å². The molecule has 1 unspecified atom stereocenters. The Hall–Kier alpha value is -1.78. The van der Waals surface area contributed by atoms with Gasteiger partial charge in [0.2, 0.25) is 0 Å². The van der Waals surface area contributed by atoms with Crippen LogP contribution in [0.5, 0.6) is 0 Å². The lowest BCUT2D eigenvalue weighted by Gasteiger charge is -2.19. The quantitative estimate of drug-likeness (QED) is 0.814. The van der Waals surface area contributed by atoms with Crippen molar-refractivity contribution >= 4 is 10.0 Å². The highest BCUT2D eigenvalue weighted by molar-refractivity contribution is 7.89. The van der Waals surface area contributed by atoms with Gasteiger partial charge in [-0.25, -0.2) is 13.4 Å². The summed E-state index contributed by atoms with van der Waals surface area (Å²) in [4.78, 5) is 11.2. The molecular weight excluding hydrogens is 346 g/mol. The van der Waals surface area contributed by atoms with Crippen molar-refractivity contribution in [1.29, 1.82) is 0 Å². The fourth-order valence-corrected chi connectivity index (χ4v) is 4.09. The fraction of sp³-hybridized carbons (Fsp3) is 0.667. The van der Waals surface area contributed by atoms with E-state index in [0.717, 1.165) is 0 Å². The van der Waals surface area contributed by atoms with Crippen molar-refractivity contribution in [3.05, 3.63) is 23.7 Å². The number of β-amino-alcohol motifs (C(OH)–C–C–N with tert-alkyl or cyclic N) is 1. The summed E-state index contributed by atoms with van der Waals surface area (Å²) in [5, 5.41) is 14.7. The number of H-pyrrole nitrogens is 1. The molecule has 2 N–H and O–H groups in total. The average Bonchev–Trinajstić information content (AvgIpc) is 3.26. The number of hydrogen-bond acceptors (Lipinski definition) is 7. The Morgan fingerprint density at radius 2 is 2.04 bits per heavy atom. The number of aromatic nitrogens is 4. The summed E-state index contributed by atoms with van der Waals surface area (Å²) in [5.41, 5.74) is -1.48. The fourth-order valence-electron chi connectivity index (χ4n) is 2.68. The molecule has 1 fully saturated rings. The molecule has 2 aromatic rings. The Balaban J connectivity index is 1.82. The second-order valence-electron chi connectivity index (χ2n) is 7.02. The Bertz CT molecular complexity index is 857. The van der Waals surface area contributed by atoms with Crippen LogP contribution in [0.25, 0.3) is 0 Å².